The molecule has 1 aromatic carbocycles. The molecule has 2 aliphatic heterocycles. The Balaban J connectivity index is 1.43. The van der Waals surface area contributed by atoms with Gasteiger partial charge >= 0.3 is 5.25 Å². The maximum atomic E-state index is 14.4. The number of aliphatic hydroxyl groups is 1. The number of nitrogens with zero attached hydrogens (tertiary/aromatic N) is 3. The summed E-state index contributed by atoms with van der Waals surface area (Å²) in [6.07, 6.45) is 4.51. The summed E-state index contributed by atoms with van der Waals surface area (Å²) in [7, 11) is -2.52. The lowest BCUT2D eigenvalue weighted by Gasteiger charge is -2.41. The molecule has 2 unspecified atom stereocenters. The fourth-order valence-electron chi connectivity index (χ4n) is 4.98. The minimum absolute atomic E-state index is 0.0164. The van der Waals surface area contributed by atoms with Gasteiger partial charge < -0.3 is 15.3 Å². The van der Waals surface area contributed by atoms with Crippen molar-refractivity contribution in [2.45, 2.75) is 66.6 Å². The van der Waals surface area contributed by atoms with Crippen molar-refractivity contribution in [2.24, 2.45) is 0 Å². The molecule has 0 spiro atoms. The van der Waals surface area contributed by atoms with E-state index >= 15 is 0 Å². The van der Waals surface area contributed by atoms with Gasteiger partial charge in [0.15, 0.2) is 0 Å². The molecule has 33 heavy (non-hydrogen) atoms. The standard InChI is InChI=1S/C23H27ClF2N4O2S/c24-17-6-4-16(5-7-17)15-3-1-11-30(12-8-15)21-27-18-13-23(25,26)33(32)19(18)20(28-21)29-22(14-31)9-2-10-22/h4-7,15,31H,1-3,8-14H2,(H,27,28,29). The summed E-state index contributed by atoms with van der Waals surface area (Å²) < 4.78 is 41.3. The number of hydrogen-bond acceptors (Lipinski definition) is 6. The Hall–Kier alpha value is -1.84. The van der Waals surface area contributed by atoms with Crippen LogP contribution in [0.1, 0.15) is 55.7 Å². The van der Waals surface area contributed by atoms with Gasteiger partial charge in [0.2, 0.25) is 5.95 Å². The normalized spacial score (nSPS) is 25.8. The number of nitrogens with one attached hydrogen (secondary N) is 1. The second-order valence-electron chi connectivity index (χ2n) is 9.31. The summed E-state index contributed by atoms with van der Waals surface area (Å²) in [4.78, 5) is 11.1. The van der Waals surface area contributed by atoms with E-state index in [4.69, 9.17) is 11.6 Å². The number of alkyl halides is 2. The first kappa shape index (κ1) is 22.9. The van der Waals surface area contributed by atoms with Crippen LogP contribution in [0, 0.1) is 0 Å². The molecule has 3 heterocycles. The number of benzene rings is 1. The zero-order valence-electron chi connectivity index (χ0n) is 18.2. The Kier molecular flexibility index (Phi) is 6.07. The first-order valence-electron chi connectivity index (χ1n) is 11.4. The Morgan fingerprint density at radius 1 is 1.15 bits per heavy atom. The van der Waals surface area contributed by atoms with E-state index in [-0.39, 0.29) is 23.0 Å². The lowest BCUT2D eigenvalue weighted by molar-refractivity contribution is 0.104. The third-order valence-corrected chi connectivity index (χ3v) is 8.84. The molecular formula is C23H27ClF2N4O2S. The monoisotopic (exact) mass is 496 g/mol. The summed E-state index contributed by atoms with van der Waals surface area (Å²) in [6, 6.07) is 7.92. The van der Waals surface area contributed by atoms with Gasteiger partial charge in [-0.15, -0.1) is 0 Å². The molecule has 1 saturated heterocycles. The van der Waals surface area contributed by atoms with E-state index < -0.39 is 28.0 Å². The van der Waals surface area contributed by atoms with E-state index in [0.717, 1.165) is 25.7 Å². The second-order valence-corrected chi connectivity index (χ2v) is 11.3. The molecule has 1 aromatic heterocycles. The number of hydrogen-bond donors (Lipinski definition) is 2. The molecule has 1 aliphatic carbocycles. The highest BCUT2D eigenvalue weighted by molar-refractivity contribution is 7.86. The molecule has 6 nitrogen and oxygen atoms in total. The van der Waals surface area contributed by atoms with Crippen LogP contribution >= 0.6 is 11.6 Å². The predicted molar refractivity (Wildman–Crippen MR) is 125 cm³/mol. The largest absolute Gasteiger partial charge is 0.394 e. The molecule has 0 bridgehead atoms. The second kappa shape index (κ2) is 8.74. The van der Waals surface area contributed by atoms with Gasteiger partial charge in [0.25, 0.3) is 0 Å². The number of rotatable bonds is 5. The van der Waals surface area contributed by atoms with Crippen LogP contribution in [0.3, 0.4) is 0 Å². The van der Waals surface area contributed by atoms with Gasteiger partial charge in [-0.2, -0.15) is 13.8 Å². The first-order chi connectivity index (χ1) is 15.8. The van der Waals surface area contributed by atoms with Gasteiger partial charge in [-0.05, 0) is 62.1 Å². The Morgan fingerprint density at radius 2 is 1.91 bits per heavy atom. The minimum Gasteiger partial charge on any atom is -0.394 e. The highest BCUT2D eigenvalue weighted by Crippen LogP contribution is 2.44. The molecule has 3 aliphatic rings. The van der Waals surface area contributed by atoms with Crippen LogP contribution in [0.5, 0.6) is 0 Å². The highest BCUT2D eigenvalue weighted by Gasteiger charge is 2.50. The van der Waals surface area contributed by atoms with Crippen LogP contribution in [0.2, 0.25) is 5.02 Å². The maximum absolute atomic E-state index is 14.4. The average Bonchev–Trinajstić information content (AvgIpc) is 2.91. The Bertz CT molecular complexity index is 1060. The molecule has 2 N–H and O–H groups in total. The van der Waals surface area contributed by atoms with Crippen molar-refractivity contribution in [3.8, 4) is 0 Å². The van der Waals surface area contributed by atoms with Gasteiger partial charge in [0.05, 0.1) is 24.3 Å². The lowest BCUT2D eigenvalue weighted by atomic mass is 9.77. The lowest BCUT2D eigenvalue weighted by Crippen LogP contribution is -2.48. The summed E-state index contributed by atoms with van der Waals surface area (Å²) in [5.74, 6) is 0.941. The van der Waals surface area contributed by atoms with Crippen LogP contribution in [0.25, 0.3) is 0 Å². The topological polar surface area (TPSA) is 78.4 Å². The molecule has 2 fully saturated rings. The van der Waals surface area contributed by atoms with Crippen molar-refractivity contribution in [3.63, 3.8) is 0 Å². The molecule has 0 radical (unpaired) electrons. The van der Waals surface area contributed by atoms with E-state index in [2.05, 4.69) is 27.4 Å². The van der Waals surface area contributed by atoms with Crippen LogP contribution in [0.15, 0.2) is 29.2 Å². The minimum atomic E-state index is -3.36. The fraction of sp³-hybridized carbons (Fsp3) is 0.565. The van der Waals surface area contributed by atoms with Crippen LogP contribution in [-0.2, 0) is 17.2 Å². The maximum Gasteiger partial charge on any atom is 0.331 e. The van der Waals surface area contributed by atoms with Gasteiger partial charge in [0.1, 0.15) is 21.5 Å². The van der Waals surface area contributed by atoms with Crippen LogP contribution < -0.4 is 10.2 Å². The molecule has 1 saturated carbocycles. The number of anilines is 2. The Morgan fingerprint density at radius 3 is 2.58 bits per heavy atom. The van der Waals surface area contributed by atoms with E-state index in [0.29, 0.717) is 42.8 Å². The van der Waals surface area contributed by atoms with Crippen molar-refractivity contribution in [1.29, 1.82) is 0 Å². The Labute approximate surface area is 199 Å². The zero-order chi connectivity index (χ0) is 23.2. The molecular weight excluding hydrogens is 470 g/mol. The number of aromatic nitrogens is 2. The quantitative estimate of drug-likeness (QED) is 0.635. The third kappa shape index (κ3) is 4.35. The van der Waals surface area contributed by atoms with E-state index in [1.807, 2.05) is 17.0 Å². The molecule has 5 rings (SSSR count). The number of aliphatic hydroxyl groups excluding tert-OH is 1. The molecule has 178 valence electrons. The smallest absolute Gasteiger partial charge is 0.331 e. The summed E-state index contributed by atoms with van der Waals surface area (Å²) >= 11 is 6.03. The van der Waals surface area contributed by atoms with Crippen LogP contribution in [0.4, 0.5) is 20.5 Å². The van der Waals surface area contributed by atoms with Crippen molar-refractivity contribution >= 4 is 34.2 Å². The molecule has 2 aromatic rings. The highest BCUT2D eigenvalue weighted by atomic mass is 35.5. The van der Waals surface area contributed by atoms with Gasteiger partial charge in [-0.3, -0.25) is 0 Å². The van der Waals surface area contributed by atoms with Gasteiger partial charge in [-0.1, -0.05) is 23.7 Å². The van der Waals surface area contributed by atoms with Crippen molar-refractivity contribution in [1.82, 2.24) is 9.97 Å². The van der Waals surface area contributed by atoms with E-state index in [1.165, 1.54) is 5.56 Å². The summed E-state index contributed by atoms with van der Waals surface area (Å²) in [5, 5.41) is 10.4. The van der Waals surface area contributed by atoms with Crippen molar-refractivity contribution in [3.05, 3.63) is 40.5 Å². The zero-order valence-corrected chi connectivity index (χ0v) is 19.8. The summed E-state index contributed by atoms with van der Waals surface area (Å²) in [5.41, 5.74) is 0.778. The van der Waals surface area contributed by atoms with E-state index in [1.54, 1.807) is 0 Å². The van der Waals surface area contributed by atoms with Crippen molar-refractivity contribution in [2.75, 3.05) is 29.9 Å². The van der Waals surface area contributed by atoms with E-state index in [9.17, 15) is 18.1 Å². The predicted octanol–water partition coefficient (Wildman–Crippen LogP) is 4.49. The molecule has 2 atom stereocenters. The fourth-order valence-corrected chi connectivity index (χ4v) is 6.27. The number of halogens is 3. The van der Waals surface area contributed by atoms with Gasteiger partial charge in [-0.25, -0.2) is 9.19 Å². The van der Waals surface area contributed by atoms with Gasteiger partial charge in [0, 0.05) is 18.1 Å². The molecule has 10 heteroatoms. The third-order valence-electron chi connectivity index (χ3n) is 7.10. The molecule has 0 amide bonds. The SMILES string of the molecule is O=S1c2c(nc(N3CCCC(c4ccc(Cl)cc4)CC3)nc2NC2(CO)CCC2)CC1(F)F. The van der Waals surface area contributed by atoms with Crippen molar-refractivity contribution < 1.29 is 18.1 Å². The first-order valence-corrected chi connectivity index (χ1v) is 12.9. The average molecular weight is 497 g/mol. The van der Waals surface area contributed by atoms with Crippen LogP contribution in [-0.4, -0.2) is 49.8 Å². The summed E-state index contributed by atoms with van der Waals surface area (Å²) in [6.45, 7) is 1.28. The number of fused-ring (bicyclic) bond motifs is 1.